The van der Waals surface area contributed by atoms with Crippen LogP contribution in [-0.2, 0) is 6.54 Å². The lowest BCUT2D eigenvalue weighted by Gasteiger charge is -2.31. The van der Waals surface area contributed by atoms with Crippen molar-refractivity contribution in [3.63, 3.8) is 0 Å². The lowest BCUT2D eigenvalue weighted by atomic mass is 10.1. The monoisotopic (exact) mass is 466 g/mol. The van der Waals surface area contributed by atoms with Crippen LogP contribution in [0.2, 0.25) is 0 Å². The minimum atomic E-state index is -2.61. The Labute approximate surface area is 187 Å². The first kappa shape index (κ1) is 21.6. The van der Waals surface area contributed by atoms with Crippen molar-refractivity contribution in [2.45, 2.75) is 32.2 Å². The Morgan fingerprint density at radius 2 is 2.19 bits per heavy atom. The number of anilines is 2. The van der Waals surface area contributed by atoms with Crippen molar-refractivity contribution < 1.29 is 8.78 Å². The van der Waals surface area contributed by atoms with Crippen molar-refractivity contribution in [2.75, 3.05) is 18.4 Å². The van der Waals surface area contributed by atoms with Gasteiger partial charge < -0.3 is 5.32 Å². The zero-order valence-corrected chi connectivity index (χ0v) is 18.3. The lowest BCUT2D eigenvalue weighted by Crippen LogP contribution is -2.42. The highest BCUT2D eigenvalue weighted by atomic mass is 35.5. The number of imidazole rings is 1. The molecule has 0 atom stereocenters. The van der Waals surface area contributed by atoms with Crippen LogP contribution in [-0.4, -0.2) is 52.9 Å². The summed E-state index contributed by atoms with van der Waals surface area (Å²) in [6, 6.07) is 1.89. The van der Waals surface area contributed by atoms with Gasteiger partial charge in [-0.1, -0.05) is 0 Å². The maximum atomic E-state index is 13.6. The topological polar surface area (TPSA) is 87.0 Å². The molecular formula is C19H21ClF2N8S. The van der Waals surface area contributed by atoms with Gasteiger partial charge in [0.1, 0.15) is 5.00 Å². The summed E-state index contributed by atoms with van der Waals surface area (Å²) in [5.41, 5.74) is 4.11. The number of alkyl halides is 2. The van der Waals surface area contributed by atoms with Crippen molar-refractivity contribution in [2.24, 2.45) is 0 Å². The fourth-order valence-corrected chi connectivity index (χ4v) is 4.43. The van der Waals surface area contributed by atoms with Crippen molar-refractivity contribution in [3.05, 3.63) is 42.2 Å². The van der Waals surface area contributed by atoms with E-state index in [9.17, 15) is 8.78 Å². The van der Waals surface area contributed by atoms with Gasteiger partial charge in [-0.3, -0.25) is 14.4 Å². The van der Waals surface area contributed by atoms with Gasteiger partial charge in [0, 0.05) is 30.9 Å². The van der Waals surface area contributed by atoms with Crippen molar-refractivity contribution in [3.8, 4) is 11.3 Å². The molecule has 2 N–H and O–H groups in total. The SMILES string of the molecule is Cc1cn2c(-c3cn[nH]c3)cnc2c(Nc2cc(CN3CCCC(F)(F)C3)ns2)n1.Cl. The second kappa shape index (κ2) is 8.48. The van der Waals surface area contributed by atoms with E-state index in [4.69, 9.17) is 0 Å². The second-order valence-corrected chi connectivity index (χ2v) is 8.34. The van der Waals surface area contributed by atoms with E-state index in [0.717, 1.165) is 27.6 Å². The molecule has 4 aromatic rings. The number of H-pyrrole nitrogens is 1. The van der Waals surface area contributed by atoms with Crippen molar-refractivity contribution in [1.82, 2.24) is 33.8 Å². The summed E-state index contributed by atoms with van der Waals surface area (Å²) in [4.78, 5) is 10.9. The molecule has 31 heavy (non-hydrogen) atoms. The Morgan fingerprint density at radius 3 is 2.97 bits per heavy atom. The van der Waals surface area contributed by atoms with Crippen molar-refractivity contribution >= 4 is 40.4 Å². The molecule has 12 heteroatoms. The van der Waals surface area contributed by atoms with E-state index in [2.05, 4.69) is 29.9 Å². The molecule has 0 unspecified atom stereocenters. The number of likely N-dealkylation sites (tertiary alicyclic amines) is 1. The molecule has 0 aromatic carbocycles. The average Bonchev–Trinajstić information content (AvgIpc) is 3.41. The third-order valence-corrected chi connectivity index (χ3v) is 5.81. The number of hydrogen-bond donors (Lipinski definition) is 2. The number of aromatic amines is 1. The van der Waals surface area contributed by atoms with Gasteiger partial charge in [-0.15, -0.1) is 12.4 Å². The molecule has 1 fully saturated rings. The summed E-state index contributed by atoms with van der Waals surface area (Å²) >= 11 is 1.28. The average molecular weight is 467 g/mol. The Morgan fingerprint density at radius 1 is 1.32 bits per heavy atom. The number of fused-ring (bicyclic) bond motifs is 1. The molecule has 8 nitrogen and oxygen atoms in total. The zero-order valence-electron chi connectivity index (χ0n) is 16.7. The minimum Gasteiger partial charge on any atom is -0.328 e. The van der Waals surface area contributed by atoms with E-state index in [0.29, 0.717) is 31.0 Å². The highest BCUT2D eigenvalue weighted by Crippen LogP contribution is 2.30. The number of halogens is 3. The van der Waals surface area contributed by atoms with Crippen LogP contribution in [0.3, 0.4) is 0 Å². The standard InChI is InChI=1S/C19H20F2N8S.ClH/c1-12-9-29-15(13-6-23-24-7-13)8-22-18(29)17(25-12)26-16-5-14(27-30-16)10-28-4-2-3-19(20,21)11-28;/h5-9H,2-4,10-11H2,1H3,(H,23,24)(H,25,26);1H. The van der Waals surface area contributed by atoms with Crippen LogP contribution in [0, 0.1) is 6.92 Å². The molecule has 0 radical (unpaired) electrons. The Balaban J connectivity index is 0.00000231. The van der Waals surface area contributed by atoms with E-state index in [1.54, 1.807) is 17.3 Å². The third-order valence-electron chi connectivity index (χ3n) is 5.06. The van der Waals surface area contributed by atoms with Crippen LogP contribution >= 0.6 is 23.9 Å². The zero-order chi connectivity index (χ0) is 20.7. The van der Waals surface area contributed by atoms with Gasteiger partial charge in [0.2, 0.25) is 0 Å². The normalized spacial score (nSPS) is 16.4. The first-order chi connectivity index (χ1) is 14.5. The molecule has 0 saturated carbocycles. The molecule has 5 heterocycles. The number of nitrogens with one attached hydrogen (secondary N) is 2. The molecule has 1 aliphatic heterocycles. The molecule has 164 valence electrons. The summed E-state index contributed by atoms with van der Waals surface area (Å²) < 4.78 is 33.7. The van der Waals surface area contributed by atoms with Crippen LogP contribution < -0.4 is 5.32 Å². The van der Waals surface area contributed by atoms with Crippen LogP contribution in [0.25, 0.3) is 16.9 Å². The Hall–Kier alpha value is -2.63. The highest BCUT2D eigenvalue weighted by Gasteiger charge is 2.35. The van der Waals surface area contributed by atoms with E-state index >= 15 is 0 Å². The highest BCUT2D eigenvalue weighted by molar-refractivity contribution is 7.10. The molecule has 0 bridgehead atoms. The molecule has 0 spiro atoms. The second-order valence-electron chi connectivity index (χ2n) is 7.53. The molecule has 0 amide bonds. The minimum absolute atomic E-state index is 0. The van der Waals surface area contributed by atoms with Crippen molar-refractivity contribution in [1.29, 1.82) is 0 Å². The third kappa shape index (κ3) is 4.53. The molecule has 5 rings (SSSR count). The number of hydrogen-bond acceptors (Lipinski definition) is 7. The number of aryl methyl sites for hydroxylation is 1. The maximum absolute atomic E-state index is 13.6. The van der Waals surface area contributed by atoms with Gasteiger partial charge in [-0.05, 0) is 37.5 Å². The van der Waals surface area contributed by atoms with Crippen LogP contribution in [0.5, 0.6) is 0 Å². The van der Waals surface area contributed by atoms with Crippen LogP contribution in [0.15, 0.2) is 30.9 Å². The predicted octanol–water partition coefficient (Wildman–Crippen LogP) is 4.28. The van der Waals surface area contributed by atoms with E-state index in [1.165, 1.54) is 11.5 Å². The first-order valence-electron chi connectivity index (χ1n) is 9.63. The predicted molar refractivity (Wildman–Crippen MR) is 117 cm³/mol. The van der Waals surface area contributed by atoms with Crippen LogP contribution in [0.4, 0.5) is 19.6 Å². The first-order valence-corrected chi connectivity index (χ1v) is 10.4. The molecule has 4 aromatic heterocycles. The summed E-state index contributed by atoms with van der Waals surface area (Å²) in [6.45, 7) is 2.79. The number of rotatable bonds is 5. The quantitative estimate of drug-likeness (QED) is 0.456. The largest absolute Gasteiger partial charge is 0.328 e. The van der Waals surface area contributed by atoms with Gasteiger partial charge in [-0.2, -0.15) is 9.47 Å². The molecule has 1 aliphatic rings. The summed E-state index contributed by atoms with van der Waals surface area (Å²) in [6.07, 6.45) is 7.73. The number of piperidine rings is 1. The summed E-state index contributed by atoms with van der Waals surface area (Å²) in [7, 11) is 0. The van der Waals surface area contributed by atoms with Gasteiger partial charge in [0.05, 0.1) is 36.0 Å². The van der Waals surface area contributed by atoms with Gasteiger partial charge in [0.15, 0.2) is 11.5 Å². The Kier molecular flexibility index (Phi) is 5.91. The fourth-order valence-electron chi connectivity index (χ4n) is 3.77. The fraction of sp³-hybridized carbons (Fsp3) is 0.368. The van der Waals surface area contributed by atoms with Crippen LogP contribution in [0.1, 0.15) is 24.2 Å². The van der Waals surface area contributed by atoms with E-state index in [1.807, 2.05) is 29.8 Å². The smallest absolute Gasteiger partial charge is 0.260 e. The van der Waals surface area contributed by atoms with Gasteiger partial charge >= 0.3 is 0 Å². The molecule has 1 saturated heterocycles. The number of nitrogens with zero attached hydrogens (tertiary/aromatic N) is 6. The summed E-state index contributed by atoms with van der Waals surface area (Å²) in [5, 5.41) is 10.9. The number of aromatic nitrogens is 6. The Bertz CT molecular complexity index is 1170. The summed E-state index contributed by atoms with van der Waals surface area (Å²) in [5.74, 6) is -2.00. The van der Waals surface area contributed by atoms with Gasteiger partial charge in [0.25, 0.3) is 5.92 Å². The van der Waals surface area contributed by atoms with E-state index in [-0.39, 0.29) is 25.4 Å². The van der Waals surface area contributed by atoms with E-state index < -0.39 is 5.92 Å². The lowest BCUT2D eigenvalue weighted by molar-refractivity contribution is -0.0662. The van der Waals surface area contributed by atoms with Gasteiger partial charge in [-0.25, -0.2) is 18.7 Å². The molecular weight excluding hydrogens is 446 g/mol. The maximum Gasteiger partial charge on any atom is 0.260 e. The molecule has 0 aliphatic carbocycles.